The summed E-state index contributed by atoms with van der Waals surface area (Å²) >= 11 is 0. The van der Waals surface area contributed by atoms with Gasteiger partial charge in [0.15, 0.2) is 0 Å². The third kappa shape index (κ3) is 1.65. The average molecular weight is 247 g/mol. The highest BCUT2D eigenvalue weighted by Gasteiger charge is 2.34. The van der Waals surface area contributed by atoms with Crippen LogP contribution in [0, 0.1) is 6.92 Å². The van der Waals surface area contributed by atoms with Gasteiger partial charge in [-0.25, -0.2) is 0 Å². The van der Waals surface area contributed by atoms with E-state index in [9.17, 15) is 9.90 Å². The number of para-hydroxylation sites is 1. The molecule has 2 N–H and O–H groups in total. The van der Waals surface area contributed by atoms with E-state index in [1.165, 1.54) is 0 Å². The molecule has 0 aliphatic carbocycles. The van der Waals surface area contributed by atoms with Crippen LogP contribution < -0.4 is 4.74 Å². The molecule has 1 aromatic carbocycles. The highest BCUT2D eigenvalue weighted by atomic mass is 16.5. The lowest BCUT2D eigenvalue weighted by Gasteiger charge is -2.20. The Kier molecular flexibility index (Phi) is 2.81. The predicted octanol–water partition coefficient (Wildman–Crippen LogP) is 2.85. The van der Waals surface area contributed by atoms with Gasteiger partial charge in [0.2, 0.25) is 0 Å². The number of methoxy groups -OCH3 is 1. The van der Waals surface area contributed by atoms with Crippen molar-refractivity contribution in [3.8, 4) is 5.75 Å². The zero-order valence-corrected chi connectivity index (χ0v) is 11.0. The second-order valence-corrected chi connectivity index (χ2v) is 4.94. The smallest absolute Gasteiger partial charge is 0.313 e. The number of H-pyrrole nitrogens is 1. The number of carboxylic acid groups (broad SMARTS) is 1. The monoisotopic (exact) mass is 247 g/mol. The Bertz CT molecular complexity index is 611. The average Bonchev–Trinajstić information content (AvgIpc) is 2.64. The summed E-state index contributed by atoms with van der Waals surface area (Å²) in [6.45, 7) is 5.31. The highest BCUT2D eigenvalue weighted by Crippen LogP contribution is 2.36. The maximum absolute atomic E-state index is 11.4. The lowest BCUT2D eigenvalue weighted by atomic mass is 9.83. The number of aromatic nitrogens is 1. The molecule has 18 heavy (non-hydrogen) atoms. The van der Waals surface area contributed by atoms with Gasteiger partial charge in [-0.2, -0.15) is 0 Å². The van der Waals surface area contributed by atoms with E-state index in [0.29, 0.717) is 0 Å². The standard InChI is InChI=1S/C14H17NO3/c1-8-11(14(2,3)13(16)17)9-6-5-7-10(18-4)12(9)15-8/h5-7,15H,1-4H3,(H,16,17). The van der Waals surface area contributed by atoms with Crippen molar-refractivity contribution in [2.75, 3.05) is 7.11 Å². The zero-order valence-electron chi connectivity index (χ0n) is 11.0. The Labute approximate surface area is 106 Å². The number of benzene rings is 1. The van der Waals surface area contributed by atoms with Crippen molar-refractivity contribution in [2.24, 2.45) is 0 Å². The van der Waals surface area contributed by atoms with Crippen LogP contribution in [0.1, 0.15) is 25.1 Å². The SMILES string of the molecule is COc1cccc2c(C(C)(C)C(=O)O)c(C)[nH]c12. The molecular formula is C14H17NO3. The van der Waals surface area contributed by atoms with Crippen molar-refractivity contribution in [1.29, 1.82) is 0 Å². The van der Waals surface area contributed by atoms with Crippen LogP contribution in [-0.4, -0.2) is 23.2 Å². The summed E-state index contributed by atoms with van der Waals surface area (Å²) in [6, 6.07) is 5.65. The molecule has 2 aromatic rings. The van der Waals surface area contributed by atoms with E-state index in [4.69, 9.17) is 4.74 Å². The summed E-state index contributed by atoms with van der Waals surface area (Å²) in [6.07, 6.45) is 0. The molecule has 0 spiro atoms. The number of aryl methyl sites for hydroxylation is 1. The summed E-state index contributed by atoms with van der Waals surface area (Å²) in [4.78, 5) is 14.6. The van der Waals surface area contributed by atoms with Crippen LogP contribution >= 0.6 is 0 Å². The van der Waals surface area contributed by atoms with Crippen LogP contribution in [0.4, 0.5) is 0 Å². The number of nitrogens with one attached hydrogen (secondary N) is 1. The predicted molar refractivity (Wildman–Crippen MR) is 70.2 cm³/mol. The lowest BCUT2D eigenvalue weighted by Crippen LogP contribution is -2.29. The molecule has 0 unspecified atom stereocenters. The number of aliphatic carboxylic acids is 1. The van der Waals surface area contributed by atoms with E-state index < -0.39 is 11.4 Å². The normalized spacial score (nSPS) is 11.8. The van der Waals surface area contributed by atoms with Gasteiger partial charge in [0, 0.05) is 11.1 Å². The first-order valence-corrected chi connectivity index (χ1v) is 5.78. The third-order valence-electron chi connectivity index (χ3n) is 3.36. The Morgan fingerprint density at radius 2 is 2.06 bits per heavy atom. The molecule has 0 saturated heterocycles. The second-order valence-electron chi connectivity index (χ2n) is 4.94. The Morgan fingerprint density at radius 1 is 1.39 bits per heavy atom. The minimum absolute atomic E-state index is 0.725. The van der Waals surface area contributed by atoms with Crippen molar-refractivity contribution in [3.05, 3.63) is 29.5 Å². The van der Waals surface area contributed by atoms with Crippen LogP contribution in [0.5, 0.6) is 5.75 Å². The molecule has 4 nitrogen and oxygen atoms in total. The van der Waals surface area contributed by atoms with E-state index in [1.54, 1.807) is 21.0 Å². The Hall–Kier alpha value is -1.97. The fraction of sp³-hybridized carbons (Fsp3) is 0.357. The number of ether oxygens (including phenoxy) is 1. The van der Waals surface area contributed by atoms with E-state index in [-0.39, 0.29) is 0 Å². The summed E-state index contributed by atoms with van der Waals surface area (Å²) in [5.41, 5.74) is 1.59. The van der Waals surface area contributed by atoms with Crippen molar-refractivity contribution >= 4 is 16.9 Å². The minimum atomic E-state index is -0.936. The molecule has 4 heteroatoms. The fourth-order valence-electron chi connectivity index (χ4n) is 2.40. The molecule has 2 rings (SSSR count). The molecule has 0 saturated carbocycles. The van der Waals surface area contributed by atoms with Crippen LogP contribution in [0.3, 0.4) is 0 Å². The lowest BCUT2D eigenvalue weighted by molar-refractivity contribution is -0.142. The van der Waals surface area contributed by atoms with Crippen LogP contribution in [0.25, 0.3) is 10.9 Å². The highest BCUT2D eigenvalue weighted by molar-refractivity contribution is 5.95. The summed E-state index contributed by atoms with van der Waals surface area (Å²) in [7, 11) is 1.60. The maximum Gasteiger partial charge on any atom is 0.313 e. The van der Waals surface area contributed by atoms with E-state index >= 15 is 0 Å². The van der Waals surface area contributed by atoms with E-state index in [0.717, 1.165) is 27.9 Å². The van der Waals surface area contributed by atoms with Gasteiger partial charge in [-0.05, 0) is 32.4 Å². The van der Waals surface area contributed by atoms with Gasteiger partial charge in [-0.1, -0.05) is 12.1 Å². The number of carbonyl (C=O) groups is 1. The largest absolute Gasteiger partial charge is 0.495 e. The Balaban J connectivity index is 2.80. The zero-order chi connectivity index (χ0) is 13.5. The molecule has 0 bridgehead atoms. The number of hydrogen-bond donors (Lipinski definition) is 2. The van der Waals surface area contributed by atoms with Crippen LogP contribution in [0.15, 0.2) is 18.2 Å². The van der Waals surface area contributed by atoms with Crippen LogP contribution in [-0.2, 0) is 10.2 Å². The van der Waals surface area contributed by atoms with Gasteiger partial charge < -0.3 is 14.8 Å². The molecule has 0 aliphatic rings. The molecule has 1 aromatic heterocycles. The number of fused-ring (bicyclic) bond motifs is 1. The van der Waals surface area contributed by atoms with E-state index in [1.807, 2.05) is 25.1 Å². The summed E-state index contributed by atoms with van der Waals surface area (Å²) in [5, 5.41) is 10.3. The molecule has 0 amide bonds. The van der Waals surface area contributed by atoms with Crippen molar-refractivity contribution < 1.29 is 14.6 Å². The molecule has 0 radical (unpaired) electrons. The first-order chi connectivity index (χ1) is 8.39. The number of carboxylic acids is 1. The fourth-order valence-corrected chi connectivity index (χ4v) is 2.40. The molecular weight excluding hydrogens is 230 g/mol. The molecule has 1 heterocycles. The number of hydrogen-bond acceptors (Lipinski definition) is 2. The van der Waals surface area contributed by atoms with Gasteiger partial charge in [-0.3, -0.25) is 4.79 Å². The molecule has 0 aliphatic heterocycles. The summed E-state index contributed by atoms with van der Waals surface area (Å²) < 4.78 is 5.29. The number of aromatic amines is 1. The number of rotatable bonds is 3. The topological polar surface area (TPSA) is 62.3 Å². The summed E-state index contributed by atoms with van der Waals surface area (Å²) in [5.74, 6) is -0.114. The van der Waals surface area contributed by atoms with Gasteiger partial charge in [0.05, 0.1) is 18.0 Å². The molecule has 96 valence electrons. The van der Waals surface area contributed by atoms with Crippen molar-refractivity contribution in [2.45, 2.75) is 26.2 Å². The quantitative estimate of drug-likeness (QED) is 0.876. The Morgan fingerprint density at radius 3 is 2.61 bits per heavy atom. The maximum atomic E-state index is 11.4. The first kappa shape index (κ1) is 12.5. The van der Waals surface area contributed by atoms with Gasteiger partial charge in [0.25, 0.3) is 0 Å². The first-order valence-electron chi connectivity index (χ1n) is 5.78. The van der Waals surface area contributed by atoms with Gasteiger partial charge in [-0.15, -0.1) is 0 Å². The third-order valence-corrected chi connectivity index (χ3v) is 3.36. The van der Waals surface area contributed by atoms with Crippen molar-refractivity contribution in [1.82, 2.24) is 4.98 Å². The minimum Gasteiger partial charge on any atom is -0.495 e. The van der Waals surface area contributed by atoms with Gasteiger partial charge >= 0.3 is 5.97 Å². The molecule has 0 fully saturated rings. The van der Waals surface area contributed by atoms with E-state index in [2.05, 4.69) is 4.98 Å². The van der Waals surface area contributed by atoms with Crippen LogP contribution in [0.2, 0.25) is 0 Å². The van der Waals surface area contributed by atoms with Gasteiger partial charge in [0.1, 0.15) is 5.75 Å². The molecule has 0 atom stereocenters. The second kappa shape index (κ2) is 4.05. The van der Waals surface area contributed by atoms with Crippen molar-refractivity contribution in [3.63, 3.8) is 0 Å².